The van der Waals surface area contributed by atoms with Crippen molar-refractivity contribution < 1.29 is 4.79 Å². The summed E-state index contributed by atoms with van der Waals surface area (Å²) < 4.78 is 2.26. The van der Waals surface area contributed by atoms with E-state index < -0.39 is 0 Å². The highest BCUT2D eigenvalue weighted by atomic mass is 79.9. The molecule has 116 valence electrons. The fourth-order valence-electron chi connectivity index (χ4n) is 2.46. The predicted molar refractivity (Wildman–Crippen MR) is 92.7 cm³/mol. The number of hydrogen-bond donors (Lipinski definition) is 1. The number of para-hydroxylation sites is 1. The molecule has 0 aliphatic rings. The van der Waals surface area contributed by atoms with Crippen molar-refractivity contribution in [3.8, 4) is 0 Å². The van der Waals surface area contributed by atoms with E-state index in [1.807, 2.05) is 50.6 Å². The van der Waals surface area contributed by atoms with E-state index in [0.717, 1.165) is 22.5 Å². The lowest BCUT2D eigenvalue weighted by molar-refractivity contribution is 0.102. The minimum absolute atomic E-state index is 0.169. The number of nitrogens with one attached hydrogen (secondary N) is 1. The molecule has 5 heteroatoms. The number of rotatable bonds is 2. The maximum absolute atomic E-state index is 12.6. The van der Waals surface area contributed by atoms with Gasteiger partial charge in [-0.25, -0.2) is 0 Å². The molecule has 4 nitrogen and oxygen atoms in total. The van der Waals surface area contributed by atoms with Crippen LogP contribution in [0.3, 0.4) is 0 Å². The number of nitrogens with zero attached hydrogens (tertiary/aromatic N) is 1. The Balaban J connectivity index is 2.54. The number of amides is 1. The zero-order valence-electron chi connectivity index (χ0n) is 13.4. The Bertz CT molecular complexity index is 802. The smallest absolute Gasteiger partial charge is 0.261 e. The van der Waals surface area contributed by atoms with Crippen molar-refractivity contribution >= 4 is 27.5 Å². The second-order valence-corrected chi connectivity index (χ2v) is 6.26. The molecule has 0 radical (unpaired) electrons. The number of anilines is 1. The summed E-state index contributed by atoms with van der Waals surface area (Å²) in [5, 5.41) is 2.88. The van der Waals surface area contributed by atoms with Crippen LogP contribution >= 0.6 is 15.9 Å². The Labute approximate surface area is 138 Å². The number of halogens is 1. The molecule has 0 spiro atoms. The van der Waals surface area contributed by atoms with Crippen LogP contribution in [-0.2, 0) is 7.05 Å². The van der Waals surface area contributed by atoms with Gasteiger partial charge in [0.05, 0.1) is 4.47 Å². The van der Waals surface area contributed by atoms with E-state index in [-0.39, 0.29) is 16.9 Å². The third-order valence-electron chi connectivity index (χ3n) is 4.06. The number of aryl methyl sites for hydroxylation is 2. The average molecular weight is 363 g/mol. The number of pyridine rings is 1. The summed E-state index contributed by atoms with van der Waals surface area (Å²) in [6.45, 7) is 7.48. The molecule has 0 saturated heterocycles. The maximum Gasteiger partial charge on any atom is 0.261 e. The summed E-state index contributed by atoms with van der Waals surface area (Å²) in [6.07, 6.45) is 0. The highest BCUT2D eigenvalue weighted by molar-refractivity contribution is 9.10. The largest absolute Gasteiger partial charge is 0.350 e. The molecule has 1 amide bonds. The van der Waals surface area contributed by atoms with Gasteiger partial charge in [0.15, 0.2) is 0 Å². The fourth-order valence-corrected chi connectivity index (χ4v) is 2.92. The summed E-state index contributed by atoms with van der Waals surface area (Å²) in [7, 11) is 1.84. The SMILES string of the molecule is Cc1cccc(C)c1NC(=O)c1c(C)n(C)c(C)c(Br)c1=O. The van der Waals surface area contributed by atoms with Gasteiger partial charge >= 0.3 is 0 Å². The van der Waals surface area contributed by atoms with E-state index in [2.05, 4.69) is 21.2 Å². The van der Waals surface area contributed by atoms with Gasteiger partial charge in [0, 0.05) is 24.1 Å². The average Bonchev–Trinajstić information content (AvgIpc) is 2.47. The van der Waals surface area contributed by atoms with Crippen molar-refractivity contribution in [1.82, 2.24) is 4.57 Å². The van der Waals surface area contributed by atoms with Crippen molar-refractivity contribution in [2.24, 2.45) is 7.05 Å². The Morgan fingerprint density at radius 3 is 2.18 bits per heavy atom. The molecule has 0 atom stereocenters. The number of carbonyl (C=O) groups is 1. The molecule has 0 aliphatic carbocycles. The van der Waals surface area contributed by atoms with Crippen molar-refractivity contribution in [1.29, 1.82) is 0 Å². The van der Waals surface area contributed by atoms with Crippen LogP contribution < -0.4 is 10.7 Å². The molecule has 2 rings (SSSR count). The first kappa shape index (κ1) is 16.5. The van der Waals surface area contributed by atoms with Crippen LogP contribution in [0.15, 0.2) is 27.5 Å². The molecular weight excluding hydrogens is 344 g/mol. The predicted octanol–water partition coefficient (Wildman–Crippen LogP) is 3.63. The summed E-state index contributed by atoms with van der Waals surface area (Å²) in [6, 6.07) is 5.80. The van der Waals surface area contributed by atoms with Crippen molar-refractivity contribution in [3.63, 3.8) is 0 Å². The molecule has 0 fully saturated rings. The molecule has 0 aliphatic heterocycles. The molecule has 0 saturated carbocycles. The van der Waals surface area contributed by atoms with Crippen molar-refractivity contribution in [3.05, 3.63) is 61.0 Å². The minimum atomic E-state index is -0.379. The standard InChI is InChI=1S/C17H19BrN2O2/c1-9-7-6-8-10(2)15(9)19-17(22)13-11(3)20(5)12(4)14(18)16(13)21/h6-8H,1-5H3,(H,19,22). The lowest BCUT2D eigenvalue weighted by Crippen LogP contribution is -2.28. The first-order valence-corrected chi connectivity index (χ1v) is 7.78. The van der Waals surface area contributed by atoms with Crippen LogP contribution in [0.5, 0.6) is 0 Å². The third kappa shape index (κ3) is 2.73. The summed E-state index contributed by atoms with van der Waals surface area (Å²) in [5.74, 6) is -0.379. The van der Waals surface area contributed by atoms with E-state index in [0.29, 0.717) is 10.2 Å². The Kier molecular flexibility index (Phi) is 4.56. The van der Waals surface area contributed by atoms with Gasteiger partial charge in [-0.15, -0.1) is 0 Å². The molecule has 2 aromatic rings. The van der Waals surface area contributed by atoms with Gasteiger partial charge in [-0.2, -0.15) is 0 Å². The molecule has 1 heterocycles. The molecular formula is C17H19BrN2O2. The zero-order chi connectivity index (χ0) is 16.6. The Hall–Kier alpha value is -1.88. The maximum atomic E-state index is 12.6. The highest BCUT2D eigenvalue weighted by Crippen LogP contribution is 2.21. The quantitative estimate of drug-likeness (QED) is 0.886. The van der Waals surface area contributed by atoms with Crippen LogP contribution in [0, 0.1) is 27.7 Å². The van der Waals surface area contributed by atoms with Crippen molar-refractivity contribution in [2.75, 3.05) is 5.32 Å². The minimum Gasteiger partial charge on any atom is -0.350 e. The fraction of sp³-hybridized carbons (Fsp3) is 0.294. The zero-order valence-corrected chi connectivity index (χ0v) is 15.0. The first-order valence-electron chi connectivity index (χ1n) is 6.99. The van der Waals surface area contributed by atoms with Crippen LogP contribution in [-0.4, -0.2) is 10.5 Å². The third-order valence-corrected chi connectivity index (χ3v) is 4.99. The first-order chi connectivity index (χ1) is 10.3. The lowest BCUT2D eigenvalue weighted by Gasteiger charge is -2.16. The number of carbonyl (C=O) groups excluding carboxylic acids is 1. The van der Waals surface area contributed by atoms with E-state index >= 15 is 0 Å². The van der Waals surface area contributed by atoms with E-state index in [1.54, 1.807) is 6.92 Å². The number of hydrogen-bond acceptors (Lipinski definition) is 2. The molecule has 1 aromatic heterocycles. The molecule has 1 N–H and O–H groups in total. The summed E-state index contributed by atoms with van der Waals surface area (Å²) in [5.41, 5.74) is 4.02. The summed E-state index contributed by atoms with van der Waals surface area (Å²) in [4.78, 5) is 25.1. The number of benzene rings is 1. The van der Waals surface area contributed by atoms with Gasteiger partial charge in [0.2, 0.25) is 5.43 Å². The topological polar surface area (TPSA) is 51.1 Å². The Morgan fingerprint density at radius 2 is 1.64 bits per heavy atom. The number of aromatic nitrogens is 1. The normalized spacial score (nSPS) is 10.6. The van der Waals surface area contributed by atoms with Gasteiger partial charge in [-0.05, 0) is 54.8 Å². The summed E-state index contributed by atoms with van der Waals surface area (Å²) >= 11 is 3.28. The molecule has 1 aromatic carbocycles. The van der Waals surface area contributed by atoms with Crippen LogP contribution in [0.1, 0.15) is 32.9 Å². The van der Waals surface area contributed by atoms with Gasteiger partial charge in [0.1, 0.15) is 5.56 Å². The van der Waals surface area contributed by atoms with Gasteiger partial charge in [-0.1, -0.05) is 18.2 Å². The van der Waals surface area contributed by atoms with E-state index in [1.165, 1.54) is 0 Å². The highest BCUT2D eigenvalue weighted by Gasteiger charge is 2.20. The lowest BCUT2D eigenvalue weighted by atomic mass is 10.1. The van der Waals surface area contributed by atoms with Crippen LogP contribution in [0.25, 0.3) is 0 Å². The van der Waals surface area contributed by atoms with E-state index in [9.17, 15) is 9.59 Å². The molecule has 0 unspecified atom stereocenters. The van der Waals surface area contributed by atoms with Crippen molar-refractivity contribution in [2.45, 2.75) is 27.7 Å². The van der Waals surface area contributed by atoms with Gasteiger partial charge < -0.3 is 9.88 Å². The Morgan fingerprint density at radius 1 is 1.09 bits per heavy atom. The van der Waals surface area contributed by atoms with E-state index in [4.69, 9.17) is 0 Å². The van der Waals surface area contributed by atoms with Gasteiger partial charge in [0.25, 0.3) is 5.91 Å². The second-order valence-electron chi connectivity index (χ2n) is 5.47. The molecule has 22 heavy (non-hydrogen) atoms. The van der Waals surface area contributed by atoms with Crippen LogP contribution in [0.4, 0.5) is 5.69 Å². The van der Waals surface area contributed by atoms with Crippen LogP contribution in [0.2, 0.25) is 0 Å². The second kappa shape index (κ2) is 6.08. The van der Waals surface area contributed by atoms with Gasteiger partial charge in [-0.3, -0.25) is 9.59 Å². The molecule has 0 bridgehead atoms. The monoisotopic (exact) mass is 362 g/mol.